The van der Waals surface area contributed by atoms with E-state index in [1.807, 2.05) is 13.8 Å². The molecule has 34 heavy (non-hydrogen) atoms. The van der Waals surface area contributed by atoms with E-state index in [9.17, 15) is 18.0 Å². The summed E-state index contributed by atoms with van der Waals surface area (Å²) in [6.45, 7) is 6.39. The van der Waals surface area contributed by atoms with Crippen LogP contribution < -0.4 is 5.32 Å². The molecule has 2 heterocycles. The number of carbonyl (C=O) groups is 1. The third kappa shape index (κ3) is 6.85. The Hall–Kier alpha value is -3.80. The van der Waals surface area contributed by atoms with E-state index in [-0.39, 0.29) is 12.3 Å². The van der Waals surface area contributed by atoms with Crippen molar-refractivity contribution in [2.45, 2.75) is 39.9 Å². The highest BCUT2D eigenvalue weighted by Crippen LogP contribution is 2.29. The van der Waals surface area contributed by atoms with Gasteiger partial charge in [0.05, 0.1) is 30.0 Å². The van der Waals surface area contributed by atoms with Gasteiger partial charge in [-0.3, -0.25) is 0 Å². The van der Waals surface area contributed by atoms with Gasteiger partial charge in [-0.1, -0.05) is 25.7 Å². The zero-order valence-corrected chi connectivity index (χ0v) is 19.0. The largest absolute Gasteiger partial charge is 0.460 e. The third-order valence-electron chi connectivity index (χ3n) is 4.80. The van der Waals surface area contributed by atoms with Gasteiger partial charge in [0.2, 0.25) is 5.76 Å². The van der Waals surface area contributed by atoms with Crippen LogP contribution in [0, 0.1) is 24.7 Å². The smallest absolute Gasteiger partial charge is 0.416 e. The summed E-state index contributed by atoms with van der Waals surface area (Å²) in [4.78, 5) is 20.4. The Morgan fingerprint density at radius 3 is 2.53 bits per heavy atom. The van der Waals surface area contributed by atoms with E-state index >= 15 is 0 Å². The molecule has 0 radical (unpaired) electrons. The first-order chi connectivity index (χ1) is 16.1. The molecule has 1 aromatic carbocycles. The van der Waals surface area contributed by atoms with Gasteiger partial charge in [0.15, 0.2) is 0 Å². The van der Waals surface area contributed by atoms with Gasteiger partial charge < -0.3 is 14.5 Å². The Balaban J connectivity index is 1.68. The van der Waals surface area contributed by atoms with Crippen molar-refractivity contribution in [3.8, 4) is 11.8 Å². The number of anilines is 1. The predicted molar refractivity (Wildman–Crippen MR) is 120 cm³/mol. The molecule has 0 bridgehead atoms. The lowest BCUT2D eigenvalue weighted by molar-refractivity contribution is -0.137. The fourth-order valence-corrected chi connectivity index (χ4v) is 2.85. The molecule has 0 fully saturated rings. The summed E-state index contributed by atoms with van der Waals surface area (Å²) in [7, 11) is 0. The zero-order chi connectivity index (χ0) is 24.7. The second-order valence-electron chi connectivity index (χ2n) is 7.95. The second-order valence-corrected chi connectivity index (χ2v) is 7.95. The minimum atomic E-state index is -4.40. The Kier molecular flexibility index (Phi) is 7.95. The first kappa shape index (κ1) is 24.8. The standard InChI is InChI=1S/C25H24F3N3O3/c1-16(2)12-13-33-24(32)22-11-9-20(34-22)14-29-23-21(17(3)30-15-31-23)10-6-18-4-7-19(8-5-18)25(26,27)28/h4-5,7-9,11,15-16H,12-14H2,1-3H3,(H,29,30,31). The molecule has 0 atom stereocenters. The van der Waals surface area contributed by atoms with Gasteiger partial charge in [-0.25, -0.2) is 14.8 Å². The van der Waals surface area contributed by atoms with Gasteiger partial charge in [0.1, 0.15) is 17.9 Å². The van der Waals surface area contributed by atoms with Crippen molar-refractivity contribution in [3.63, 3.8) is 0 Å². The first-order valence-corrected chi connectivity index (χ1v) is 10.6. The minimum Gasteiger partial charge on any atom is -0.460 e. The third-order valence-corrected chi connectivity index (χ3v) is 4.80. The summed E-state index contributed by atoms with van der Waals surface area (Å²) in [6, 6.07) is 7.80. The van der Waals surface area contributed by atoms with Crippen molar-refractivity contribution in [1.82, 2.24) is 9.97 Å². The quantitative estimate of drug-likeness (QED) is 0.356. The molecule has 0 unspecified atom stereocenters. The molecular weight excluding hydrogens is 447 g/mol. The number of esters is 1. The fraction of sp³-hybridized carbons (Fsp3) is 0.320. The molecule has 0 aliphatic carbocycles. The van der Waals surface area contributed by atoms with Crippen LogP contribution >= 0.6 is 0 Å². The van der Waals surface area contributed by atoms with Crippen molar-refractivity contribution in [2.75, 3.05) is 11.9 Å². The molecule has 1 N–H and O–H groups in total. The predicted octanol–water partition coefficient (Wildman–Crippen LogP) is 5.61. The number of rotatable bonds is 7. The molecule has 3 aromatic rings. The Morgan fingerprint density at radius 2 is 1.85 bits per heavy atom. The number of aromatic nitrogens is 2. The van der Waals surface area contributed by atoms with Crippen LogP contribution in [-0.2, 0) is 17.5 Å². The molecule has 6 nitrogen and oxygen atoms in total. The van der Waals surface area contributed by atoms with Crippen LogP contribution in [0.4, 0.5) is 19.0 Å². The van der Waals surface area contributed by atoms with E-state index in [1.165, 1.54) is 18.5 Å². The minimum absolute atomic E-state index is 0.113. The molecule has 0 spiro atoms. The summed E-state index contributed by atoms with van der Waals surface area (Å²) >= 11 is 0. The van der Waals surface area contributed by atoms with Gasteiger partial charge in [-0.15, -0.1) is 0 Å². The highest BCUT2D eigenvalue weighted by Gasteiger charge is 2.29. The summed E-state index contributed by atoms with van der Waals surface area (Å²) in [5, 5.41) is 3.10. The van der Waals surface area contributed by atoms with E-state index in [0.717, 1.165) is 18.6 Å². The molecule has 0 aliphatic rings. The topological polar surface area (TPSA) is 77.2 Å². The van der Waals surface area contributed by atoms with Gasteiger partial charge in [0, 0.05) is 5.56 Å². The zero-order valence-electron chi connectivity index (χ0n) is 19.0. The molecule has 0 amide bonds. The van der Waals surface area contributed by atoms with Crippen LogP contribution in [0.15, 0.2) is 47.1 Å². The van der Waals surface area contributed by atoms with Crippen LogP contribution in [0.2, 0.25) is 0 Å². The van der Waals surface area contributed by atoms with Crippen LogP contribution in [-0.4, -0.2) is 22.5 Å². The number of carbonyl (C=O) groups excluding carboxylic acids is 1. The summed E-state index contributed by atoms with van der Waals surface area (Å²) in [5.74, 6) is 6.72. The van der Waals surface area contributed by atoms with Gasteiger partial charge in [-0.2, -0.15) is 13.2 Å². The number of benzene rings is 1. The molecule has 0 saturated heterocycles. The Bertz CT molecular complexity index is 1190. The maximum atomic E-state index is 12.7. The monoisotopic (exact) mass is 471 g/mol. The van der Waals surface area contributed by atoms with E-state index in [1.54, 1.807) is 19.1 Å². The van der Waals surface area contributed by atoms with Crippen LogP contribution in [0.5, 0.6) is 0 Å². The van der Waals surface area contributed by atoms with Gasteiger partial charge in [0.25, 0.3) is 0 Å². The number of ether oxygens (including phenoxy) is 1. The van der Waals surface area contributed by atoms with E-state index < -0.39 is 17.7 Å². The number of nitrogens with one attached hydrogen (secondary N) is 1. The summed E-state index contributed by atoms with van der Waals surface area (Å²) in [5.41, 5.74) is 0.795. The summed E-state index contributed by atoms with van der Waals surface area (Å²) < 4.78 is 49.0. The van der Waals surface area contributed by atoms with E-state index in [2.05, 4.69) is 27.1 Å². The molecule has 178 valence electrons. The number of hydrogen-bond acceptors (Lipinski definition) is 6. The fourth-order valence-electron chi connectivity index (χ4n) is 2.85. The van der Waals surface area contributed by atoms with Crippen molar-refractivity contribution >= 4 is 11.8 Å². The van der Waals surface area contributed by atoms with Crippen LogP contribution in [0.1, 0.15) is 59.0 Å². The molecule has 0 aliphatic heterocycles. The Labute approximate surface area is 195 Å². The second kappa shape index (κ2) is 10.9. The molecule has 9 heteroatoms. The Morgan fingerprint density at radius 1 is 1.12 bits per heavy atom. The summed E-state index contributed by atoms with van der Waals surface area (Å²) in [6.07, 6.45) is -2.26. The maximum Gasteiger partial charge on any atom is 0.416 e. The average Bonchev–Trinajstić information content (AvgIpc) is 3.25. The average molecular weight is 471 g/mol. The SMILES string of the molecule is Cc1ncnc(NCc2ccc(C(=O)OCCC(C)C)o2)c1C#Cc1ccc(C(F)(F)F)cc1. The van der Waals surface area contributed by atoms with Crippen LogP contribution in [0.25, 0.3) is 0 Å². The van der Waals surface area contributed by atoms with Crippen molar-refractivity contribution in [1.29, 1.82) is 0 Å². The lowest BCUT2D eigenvalue weighted by atomic mass is 10.1. The lowest BCUT2D eigenvalue weighted by Gasteiger charge is -2.08. The first-order valence-electron chi connectivity index (χ1n) is 10.6. The molecule has 3 rings (SSSR count). The van der Waals surface area contributed by atoms with Crippen molar-refractivity contribution in [2.24, 2.45) is 5.92 Å². The molecule has 2 aromatic heterocycles. The molecule has 0 saturated carbocycles. The molecular formula is C25H24F3N3O3. The van der Waals surface area contributed by atoms with Crippen LogP contribution in [0.3, 0.4) is 0 Å². The normalized spacial score (nSPS) is 11.1. The van der Waals surface area contributed by atoms with Gasteiger partial charge >= 0.3 is 12.1 Å². The number of nitrogens with zero attached hydrogens (tertiary/aromatic N) is 2. The van der Waals surface area contributed by atoms with Gasteiger partial charge in [-0.05, 0) is 55.7 Å². The van der Waals surface area contributed by atoms with E-state index in [4.69, 9.17) is 9.15 Å². The lowest BCUT2D eigenvalue weighted by Crippen LogP contribution is -2.07. The highest BCUT2D eigenvalue weighted by molar-refractivity contribution is 5.86. The number of halogens is 3. The number of furan rings is 1. The van der Waals surface area contributed by atoms with E-state index in [0.29, 0.717) is 40.9 Å². The van der Waals surface area contributed by atoms with Crippen molar-refractivity contribution in [3.05, 3.63) is 76.6 Å². The van der Waals surface area contributed by atoms with Crippen molar-refractivity contribution < 1.29 is 27.1 Å². The highest BCUT2D eigenvalue weighted by atomic mass is 19.4. The maximum absolute atomic E-state index is 12.7. The number of hydrogen-bond donors (Lipinski definition) is 1. The number of aryl methyl sites for hydroxylation is 1. The number of alkyl halides is 3.